The maximum Gasteiger partial charge on any atom is 0.248 e. The molecule has 0 aliphatic carbocycles. The van der Waals surface area contributed by atoms with E-state index >= 15 is 0 Å². The summed E-state index contributed by atoms with van der Waals surface area (Å²) in [5, 5.41) is 5.90. The number of hydrogen-bond acceptors (Lipinski definition) is 3. The van der Waals surface area contributed by atoms with Gasteiger partial charge in [0.1, 0.15) is 5.69 Å². The molecule has 2 rings (SSSR count). The van der Waals surface area contributed by atoms with E-state index in [2.05, 4.69) is 15.2 Å². The predicted molar refractivity (Wildman–Crippen MR) is 49.0 cm³/mol. The van der Waals surface area contributed by atoms with Crippen LogP contribution in [0, 0.1) is 5.82 Å². The Labute approximate surface area is 77.8 Å². The van der Waals surface area contributed by atoms with E-state index in [1.165, 1.54) is 12.3 Å². The molecular formula is C8H7FN4O. The molecule has 0 aliphatic rings. The number of halogens is 1. The minimum atomic E-state index is -0.643. The van der Waals surface area contributed by atoms with Crippen molar-refractivity contribution in [3.63, 3.8) is 0 Å². The summed E-state index contributed by atoms with van der Waals surface area (Å²) < 4.78 is 13.2. The Morgan fingerprint density at radius 3 is 2.86 bits per heavy atom. The quantitative estimate of drug-likeness (QED) is 0.617. The maximum atomic E-state index is 13.2. The molecular weight excluding hydrogens is 187 g/mol. The van der Waals surface area contributed by atoms with Crippen LogP contribution in [0.1, 0.15) is 0 Å². The first-order chi connectivity index (χ1) is 6.68. The van der Waals surface area contributed by atoms with E-state index in [0.29, 0.717) is 5.56 Å². The van der Waals surface area contributed by atoms with Gasteiger partial charge in [-0.05, 0) is 6.07 Å². The average Bonchev–Trinajstić information content (AvgIpc) is 2.48. The lowest BCUT2D eigenvalue weighted by molar-refractivity contribution is 0.636. The molecule has 0 fully saturated rings. The molecule has 14 heavy (non-hydrogen) atoms. The van der Waals surface area contributed by atoms with Crippen LogP contribution >= 0.6 is 0 Å². The van der Waals surface area contributed by atoms with Crippen LogP contribution in [0.15, 0.2) is 23.1 Å². The fraction of sp³-hybridized carbons (Fsp3) is 0. The first-order valence-electron chi connectivity index (χ1n) is 3.87. The Bertz CT molecular complexity index is 516. The number of rotatable bonds is 1. The SMILES string of the molecule is Nc1n[nH]c(-c2cc[nH]c(=O)c2)c1F. The summed E-state index contributed by atoms with van der Waals surface area (Å²) in [6.07, 6.45) is 1.42. The first-order valence-corrected chi connectivity index (χ1v) is 3.87. The van der Waals surface area contributed by atoms with Crippen LogP contribution in [0.4, 0.5) is 10.2 Å². The zero-order valence-corrected chi connectivity index (χ0v) is 7.04. The van der Waals surface area contributed by atoms with Crippen LogP contribution in [0.5, 0.6) is 0 Å². The van der Waals surface area contributed by atoms with E-state index in [0.717, 1.165) is 0 Å². The number of pyridine rings is 1. The number of aromatic nitrogens is 3. The van der Waals surface area contributed by atoms with Crippen molar-refractivity contribution in [3.05, 3.63) is 34.5 Å². The van der Waals surface area contributed by atoms with Gasteiger partial charge in [0, 0.05) is 17.8 Å². The van der Waals surface area contributed by atoms with Crippen LogP contribution in [0.25, 0.3) is 11.3 Å². The molecule has 0 bridgehead atoms. The zero-order valence-electron chi connectivity index (χ0n) is 7.04. The summed E-state index contributed by atoms with van der Waals surface area (Å²) in [7, 11) is 0. The molecule has 0 unspecified atom stereocenters. The summed E-state index contributed by atoms with van der Waals surface area (Å²) in [6, 6.07) is 2.81. The summed E-state index contributed by atoms with van der Waals surface area (Å²) in [5.41, 5.74) is 5.43. The predicted octanol–water partition coefficient (Wildman–Crippen LogP) is 0.486. The molecule has 72 valence electrons. The highest BCUT2D eigenvalue weighted by atomic mass is 19.1. The minimum absolute atomic E-state index is 0.119. The van der Waals surface area contributed by atoms with Crippen molar-refractivity contribution >= 4 is 5.82 Å². The Morgan fingerprint density at radius 2 is 2.29 bits per heavy atom. The molecule has 2 heterocycles. The van der Waals surface area contributed by atoms with Gasteiger partial charge in [-0.15, -0.1) is 0 Å². The average molecular weight is 194 g/mol. The molecule has 0 atom stereocenters. The number of nitrogen functional groups attached to an aromatic ring is 1. The molecule has 2 aromatic rings. The number of nitrogens with two attached hydrogens (primary N) is 1. The van der Waals surface area contributed by atoms with Gasteiger partial charge in [-0.2, -0.15) is 5.10 Å². The summed E-state index contributed by atoms with van der Waals surface area (Å²) in [4.78, 5) is 13.4. The minimum Gasteiger partial charge on any atom is -0.380 e. The fourth-order valence-electron chi connectivity index (χ4n) is 1.13. The van der Waals surface area contributed by atoms with Gasteiger partial charge < -0.3 is 10.7 Å². The third kappa shape index (κ3) is 1.26. The van der Waals surface area contributed by atoms with Crippen molar-refractivity contribution < 1.29 is 4.39 Å². The van der Waals surface area contributed by atoms with Gasteiger partial charge in [-0.25, -0.2) is 4.39 Å². The molecule has 0 saturated carbocycles. The van der Waals surface area contributed by atoms with Crippen molar-refractivity contribution in [2.45, 2.75) is 0 Å². The topological polar surface area (TPSA) is 87.6 Å². The number of aromatic amines is 2. The van der Waals surface area contributed by atoms with Crippen molar-refractivity contribution in [1.29, 1.82) is 0 Å². The Hall–Kier alpha value is -2.11. The summed E-state index contributed by atoms with van der Waals surface area (Å²) in [6.45, 7) is 0. The largest absolute Gasteiger partial charge is 0.380 e. The number of anilines is 1. The van der Waals surface area contributed by atoms with E-state index in [1.807, 2.05) is 0 Å². The molecule has 0 aromatic carbocycles. The molecule has 0 amide bonds. The van der Waals surface area contributed by atoms with E-state index in [-0.39, 0.29) is 17.1 Å². The van der Waals surface area contributed by atoms with Crippen LogP contribution < -0.4 is 11.3 Å². The van der Waals surface area contributed by atoms with Gasteiger partial charge in [0.2, 0.25) is 5.56 Å². The maximum absolute atomic E-state index is 13.2. The van der Waals surface area contributed by atoms with Gasteiger partial charge in [-0.3, -0.25) is 9.89 Å². The molecule has 2 aromatic heterocycles. The number of H-pyrrole nitrogens is 2. The monoisotopic (exact) mass is 194 g/mol. The third-order valence-corrected chi connectivity index (χ3v) is 1.80. The third-order valence-electron chi connectivity index (χ3n) is 1.80. The van der Waals surface area contributed by atoms with Gasteiger partial charge in [-0.1, -0.05) is 0 Å². The Kier molecular flexibility index (Phi) is 1.81. The molecule has 0 spiro atoms. The van der Waals surface area contributed by atoms with Crippen LogP contribution in [-0.2, 0) is 0 Å². The number of nitrogens with one attached hydrogen (secondary N) is 2. The van der Waals surface area contributed by atoms with Crippen LogP contribution in [0.3, 0.4) is 0 Å². The molecule has 4 N–H and O–H groups in total. The molecule has 5 nitrogen and oxygen atoms in total. The lowest BCUT2D eigenvalue weighted by atomic mass is 10.2. The van der Waals surface area contributed by atoms with E-state index in [4.69, 9.17) is 5.73 Å². The van der Waals surface area contributed by atoms with Crippen LogP contribution in [0.2, 0.25) is 0 Å². The van der Waals surface area contributed by atoms with Crippen molar-refractivity contribution in [3.8, 4) is 11.3 Å². The normalized spacial score (nSPS) is 10.4. The zero-order chi connectivity index (χ0) is 10.1. The van der Waals surface area contributed by atoms with Crippen LogP contribution in [-0.4, -0.2) is 15.2 Å². The van der Waals surface area contributed by atoms with E-state index in [1.54, 1.807) is 6.07 Å². The van der Waals surface area contributed by atoms with Gasteiger partial charge in [0.25, 0.3) is 0 Å². The summed E-state index contributed by atoms with van der Waals surface area (Å²) >= 11 is 0. The first kappa shape index (κ1) is 8.49. The van der Waals surface area contributed by atoms with E-state index in [9.17, 15) is 9.18 Å². The second kappa shape index (κ2) is 2.99. The number of hydrogen-bond donors (Lipinski definition) is 3. The molecule has 0 radical (unpaired) electrons. The van der Waals surface area contributed by atoms with Crippen molar-refractivity contribution in [2.75, 3.05) is 5.73 Å². The standard InChI is InChI=1S/C8H7FN4O/c9-6-7(12-13-8(6)10)4-1-2-11-5(14)3-4/h1-3H,(H,11,14)(H3,10,12,13). The molecule has 6 heteroatoms. The molecule has 0 aliphatic heterocycles. The lowest BCUT2D eigenvalue weighted by Crippen LogP contribution is -2.02. The summed E-state index contributed by atoms with van der Waals surface area (Å²) in [5.74, 6) is -0.851. The van der Waals surface area contributed by atoms with Gasteiger partial charge in [0.05, 0.1) is 0 Å². The second-order valence-corrected chi connectivity index (χ2v) is 2.74. The highest BCUT2D eigenvalue weighted by Crippen LogP contribution is 2.21. The number of nitrogens with zero attached hydrogens (tertiary/aromatic N) is 1. The second-order valence-electron chi connectivity index (χ2n) is 2.74. The van der Waals surface area contributed by atoms with Crippen molar-refractivity contribution in [1.82, 2.24) is 15.2 Å². The Balaban J connectivity index is 2.60. The smallest absolute Gasteiger partial charge is 0.248 e. The van der Waals surface area contributed by atoms with Gasteiger partial charge in [0.15, 0.2) is 11.6 Å². The van der Waals surface area contributed by atoms with Gasteiger partial charge >= 0.3 is 0 Å². The highest BCUT2D eigenvalue weighted by Gasteiger charge is 2.11. The highest BCUT2D eigenvalue weighted by molar-refractivity contribution is 5.62. The Morgan fingerprint density at radius 1 is 1.50 bits per heavy atom. The van der Waals surface area contributed by atoms with Crippen molar-refractivity contribution in [2.24, 2.45) is 0 Å². The van der Waals surface area contributed by atoms with E-state index < -0.39 is 5.82 Å². The fourth-order valence-corrected chi connectivity index (χ4v) is 1.13. The molecule has 0 saturated heterocycles. The lowest BCUT2D eigenvalue weighted by Gasteiger charge is -1.95.